The summed E-state index contributed by atoms with van der Waals surface area (Å²) in [6.45, 7) is 0.857. The van der Waals surface area contributed by atoms with E-state index in [1.807, 2.05) is 24.5 Å². The van der Waals surface area contributed by atoms with Crippen molar-refractivity contribution < 1.29 is 4.48 Å². The molecule has 0 saturated carbocycles. The molecule has 0 saturated heterocycles. The zero-order valence-electron chi connectivity index (χ0n) is 11.5. The number of aromatic amines is 1. The van der Waals surface area contributed by atoms with E-state index in [0.29, 0.717) is 4.48 Å². The van der Waals surface area contributed by atoms with Crippen LogP contribution >= 0.6 is 0 Å². The molecule has 5 nitrogen and oxygen atoms in total. The van der Waals surface area contributed by atoms with Gasteiger partial charge in [0.15, 0.2) is 0 Å². The quantitative estimate of drug-likeness (QED) is 0.658. The lowest BCUT2D eigenvalue weighted by molar-refractivity contribution is -0.779. The topological polar surface area (TPSA) is 67.1 Å². The first-order chi connectivity index (χ1) is 9.66. The summed E-state index contributed by atoms with van der Waals surface area (Å²) < 4.78 is 0.671. The Hall–Kier alpha value is -2.40. The number of nitrogens with one attached hydrogen (secondary N) is 1. The molecule has 3 rings (SSSR count). The molecule has 0 fully saturated rings. The van der Waals surface area contributed by atoms with Crippen LogP contribution in [0.5, 0.6) is 0 Å². The monoisotopic (exact) mass is 268 g/mol. The first-order valence-electron chi connectivity index (χ1n) is 6.58. The molecule has 2 heterocycles. The highest BCUT2D eigenvalue weighted by Crippen LogP contribution is 2.21. The predicted molar refractivity (Wildman–Crippen MR) is 79.6 cm³/mol. The standard InChI is InChI=1S/C15H18N5/c1-20(11-12-2-4-13(16)5-3-12)9-8-19-15(20)10-14-17-6-7-18-14/h2-9H,10-11,16H2,1H3,(H,17,18)/q+1. The van der Waals surface area contributed by atoms with Gasteiger partial charge in [0.25, 0.3) is 0 Å². The van der Waals surface area contributed by atoms with Crippen molar-refractivity contribution in [2.75, 3.05) is 12.8 Å². The van der Waals surface area contributed by atoms with E-state index in [1.165, 1.54) is 5.56 Å². The number of hydrogen-bond acceptors (Lipinski definition) is 3. The van der Waals surface area contributed by atoms with Gasteiger partial charge in [-0.05, 0) is 12.1 Å². The van der Waals surface area contributed by atoms with Crippen molar-refractivity contribution in [3.05, 3.63) is 60.4 Å². The van der Waals surface area contributed by atoms with Crippen LogP contribution in [0.15, 0.2) is 54.1 Å². The number of nitrogen functional groups attached to an aromatic ring is 1. The Balaban J connectivity index is 1.78. The molecular formula is C15H18N5+. The van der Waals surface area contributed by atoms with Gasteiger partial charge in [0.2, 0.25) is 5.84 Å². The lowest BCUT2D eigenvalue weighted by atomic mass is 10.1. The molecule has 0 amide bonds. The average molecular weight is 268 g/mol. The van der Waals surface area contributed by atoms with Crippen LogP contribution < -0.4 is 5.73 Å². The zero-order valence-corrected chi connectivity index (χ0v) is 11.5. The summed E-state index contributed by atoms with van der Waals surface area (Å²) in [6.07, 6.45) is 8.31. The Labute approximate surface area is 118 Å². The first kappa shape index (κ1) is 12.6. The van der Waals surface area contributed by atoms with Gasteiger partial charge in [-0.2, -0.15) is 0 Å². The third kappa shape index (κ3) is 2.48. The van der Waals surface area contributed by atoms with Gasteiger partial charge < -0.3 is 10.7 Å². The highest BCUT2D eigenvalue weighted by molar-refractivity contribution is 5.79. The SMILES string of the molecule is C[N+]1(Cc2ccc(N)cc2)C=CN=C1Cc1ncc[nH]1. The number of benzene rings is 1. The molecule has 1 atom stereocenters. The third-order valence-electron chi connectivity index (χ3n) is 3.58. The number of aromatic nitrogens is 2. The van der Waals surface area contributed by atoms with Gasteiger partial charge in [0.1, 0.15) is 25.0 Å². The molecule has 1 aromatic heterocycles. The van der Waals surface area contributed by atoms with Crippen molar-refractivity contribution >= 4 is 11.5 Å². The minimum Gasteiger partial charge on any atom is -0.399 e. The Bertz CT molecular complexity index is 639. The second-order valence-corrected chi connectivity index (χ2v) is 5.22. The van der Waals surface area contributed by atoms with Gasteiger partial charge in [0.05, 0.1) is 13.2 Å². The number of quaternary nitrogens is 1. The maximum Gasteiger partial charge on any atom is 0.215 e. The summed E-state index contributed by atoms with van der Waals surface area (Å²) in [5.74, 6) is 2.02. The van der Waals surface area contributed by atoms with Gasteiger partial charge in [-0.15, -0.1) is 0 Å². The van der Waals surface area contributed by atoms with E-state index in [9.17, 15) is 0 Å². The summed E-state index contributed by atoms with van der Waals surface area (Å²) in [5.41, 5.74) is 7.76. The maximum atomic E-state index is 5.73. The van der Waals surface area contributed by atoms with Gasteiger partial charge in [-0.3, -0.25) is 0 Å². The maximum absolute atomic E-state index is 5.73. The normalized spacial score (nSPS) is 21.1. The van der Waals surface area contributed by atoms with Gasteiger partial charge in [-0.1, -0.05) is 12.1 Å². The van der Waals surface area contributed by atoms with Gasteiger partial charge >= 0.3 is 0 Å². The summed E-state index contributed by atoms with van der Waals surface area (Å²) in [5, 5.41) is 0. The van der Waals surface area contributed by atoms with Gasteiger partial charge in [0, 0.05) is 23.6 Å². The third-order valence-corrected chi connectivity index (χ3v) is 3.58. The number of hydrogen-bond donors (Lipinski definition) is 2. The molecule has 20 heavy (non-hydrogen) atoms. The number of H-pyrrole nitrogens is 1. The average Bonchev–Trinajstić information content (AvgIpc) is 3.04. The van der Waals surface area contributed by atoms with Crippen LogP contribution in [0.25, 0.3) is 0 Å². The predicted octanol–water partition coefficient (Wildman–Crippen LogP) is 2.06. The highest BCUT2D eigenvalue weighted by Gasteiger charge is 2.31. The molecule has 1 unspecified atom stereocenters. The van der Waals surface area contributed by atoms with Crippen molar-refractivity contribution in [1.29, 1.82) is 0 Å². The molecule has 0 radical (unpaired) electrons. The van der Waals surface area contributed by atoms with Crippen LogP contribution in [0.2, 0.25) is 0 Å². The number of nitrogens with zero attached hydrogens (tertiary/aromatic N) is 3. The summed E-state index contributed by atoms with van der Waals surface area (Å²) in [4.78, 5) is 11.9. The van der Waals surface area contributed by atoms with Crippen LogP contribution in [0.3, 0.4) is 0 Å². The zero-order chi connectivity index (χ0) is 14.0. The fourth-order valence-corrected chi connectivity index (χ4v) is 2.40. The fraction of sp³-hybridized carbons (Fsp3) is 0.200. The minimum absolute atomic E-state index is 0.671. The highest BCUT2D eigenvalue weighted by atomic mass is 15.4. The molecule has 0 spiro atoms. The summed E-state index contributed by atoms with van der Waals surface area (Å²) in [6, 6.07) is 8.00. The molecule has 3 N–H and O–H groups in total. The van der Waals surface area contributed by atoms with Crippen molar-refractivity contribution in [2.24, 2.45) is 4.99 Å². The number of likely N-dealkylation sites (N-methyl/N-ethyl adjacent to an activating group) is 1. The molecular weight excluding hydrogens is 250 g/mol. The van der Waals surface area contributed by atoms with Crippen LogP contribution in [-0.2, 0) is 13.0 Å². The summed E-state index contributed by atoms with van der Waals surface area (Å²) in [7, 11) is 2.15. The van der Waals surface area contributed by atoms with E-state index in [-0.39, 0.29) is 0 Å². The van der Waals surface area contributed by atoms with Crippen molar-refractivity contribution in [1.82, 2.24) is 9.97 Å². The van der Waals surface area contributed by atoms with E-state index in [4.69, 9.17) is 5.73 Å². The minimum atomic E-state index is 0.671. The first-order valence-corrected chi connectivity index (χ1v) is 6.58. The fourth-order valence-electron chi connectivity index (χ4n) is 2.40. The number of aliphatic imine (C=N–C) groups is 1. The number of imidazole rings is 1. The van der Waals surface area contributed by atoms with Crippen molar-refractivity contribution in [2.45, 2.75) is 13.0 Å². The number of anilines is 1. The Kier molecular flexibility index (Phi) is 3.12. The molecule has 0 aliphatic carbocycles. The van der Waals surface area contributed by atoms with Crippen LogP contribution in [0, 0.1) is 0 Å². The molecule has 1 aliphatic rings. The lowest BCUT2D eigenvalue weighted by Crippen LogP contribution is -2.42. The van der Waals surface area contributed by atoms with Crippen LogP contribution in [-0.4, -0.2) is 27.3 Å². The van der Waals surface area contributed by atoms with Crippen molar-refractivity contribution in [3.8, 4) is 0 Å². The lowest BCUT2D eigenvalue weighted by Gasteiger charge is -2.27. The van der Waals surface area contributed by atoms with E-state index in [0.717, 1.165) is 30.3 Å². The second-order valence-electron chi connectivity index (χ2n) is 5.22. The Morgan fingerprint density at radius 3 is 2.75 bits per heavy atom. The summed E-state index contributed by atoms with van der Waals surface area (Å²) >= 11 is 0. The Morgan fingerprint density at radius 1 is 1.25 bits per heavy atom. The molecule has 5 heteroatoms. The molecule has 1 aromatic carbocycles. The molecule has 0 bridgehead atoms. The molecule has 1 aliphatic heterocycles. The molecule has 2 aromatic rings. The van der Waals surface area contributed by atoms with Crippen LogP contribution in [0.4, 0.5) is 5.69 Å². The van der Waals surface area contributed by atoms with Gasteiger partial charge in [-0.25, -0.2) is 14.5 Å². The van der Waals surface area contributed by atoms with E-state index < -0.39 is 0 Å². The van der Waals surface area contributed by atoms with E-state index in [2.05, 4.69) is 40.3 Å². The van der Waals surface area contributed by atoms with Crippen LogP contribution in [0.1, 0.15) is 11.4 Å². The number of amidine groups is 1. The number of rotatable bonds is 4. The number of nitrogens with two attached hydrogens (primary N) is 1. The Morgan fingerprint density at radius 2 is 2.05 bits per heavy atom. The van der Waals surface area contributed by atoms with Crippen molar-refractivity contribution in [3.63, 3.8) is 0 Å². The van der Waals surface area contributed by atoms with E-state index in [1.54, 1.807) is 6.20 Å². The second kappa shape index (κ2) is 4.94. The molecule has 102 valence electrons. The van der Waals surface area contributed by atoms with E-state index >= 15 is 0 Å². The largest absolute Gasteiger partial charge is 0.399 e. The smallest absolute Gasteiger partial charge is 0.215 e.